The highest BCUT2D eigenvalue weighted by Gasteiger charge is 2.49. The normalized spacial score (nSPS) is 40.6. The Kier molecular flexibility index (Phi) is 4.15. The number of carbonyl (C=O) groups excluding carboxylic acids is 1. The van der Waals surface area contributed by atoms with Crippen molar-refractivity contribution in [3.05, 3.63) is 24.0 Å². The van der Waals surface area contributed by atoms with Crippen LogP contribution in [0.15, 0.2) is 18.3 Å². The summed E-state index contributed by atoms with van der Waals surface area (Å²) in [4.78, 5) is 17.1. The molecule has 1 aromatic rings. The molecule has 2 heterocycles. The second kappa shape index (κ2) is 6.52. The summed E-state index contributed by atoms with van der Waals surface area (Å²) < 4.78 is 5.99. The molecule has 5 aliphatic rings. The van der Waals surface area contributed by atoms with Crippen LogP contribution in [0.2, 0.25) is 0 Å². The lowest BCUT2D eigenvalue weighted by molar-refractivity contribution is -0.126. The van der Waals surface area contributed by atoms with Crippen molar-refractivity contribution < 1.29 is 9.53 Å². The van der Waals surface area contributed by atoms with Crippen molar-refractivity contribution in [3.63, 3.8) is 0 Å². The summed E-state index contributed by atoms with van der Waals surface area (Å²) in [6.45, 7) is 2.68. The number of nitrogens with one attached hydrogen (secondary N) is 2. The van der Waals surface area contributed by atoms with Gasteiger partial charge in [0.05, 0.1) is 12.2 Å². The molecule has 0 radical (unpaired) electrons. The van der Waals surface area contributed by atoms with Gasteiger partial charge in [-0.3, -0.25) is 9.78 Å². The van der Waals surface area contributed by atoms with Gasteiger partial charge in [-0.1, -0.05) is 0 Å². The number of rotatable bonds is 4. The number of pyridine rings is 1. The van der Waals surface area contributed by atoms with E-state index in [9.17, 15) is 4.79 Å². The zero-order chi connectivity index (χ0) is 17.7. The standard InChI is InChI=1S/C21H29N3O2/c1-12-2-3-17(10-22-12)26-18-9-19(23-11-18)21(25)24-20-15-5-13-4-14(7-15)8-16(20)6-13/h2-3,10,13-16,18-20,23H,4-9,11H2,1H3,(H,24,25)/t13?,14?,15?,16?,18-,19-,20?/m0/s1. The van der Waals surface area contributed by atoms with E-state index in [2.05, 4.69) is 15.6 Å². The van der Waals surface area contributed by atoms with Crippen LogP contribution in [0.4, 0.5) is 0 Å². The van der Waals surface area contributed by atoms with Gasteiger partial charge >= 0.3 is 0 Å². The van der Waals surface area contributed by atoms with Crippen LogP contribution in [0, 0.1) is 30.6 Å². The summed E-state index contributed by atoms with van der Waals surface area (Å²) in [6, 6.07) is 4.19. The molecule has 6 rings (SSSR count). The predicted octanol–water partition coefficient (Wildman–Crippen LogP) is 2.44. The molecule has 140 valence electrons. The number of aromatic nitrogens is 1. The first-order valence-corrected chi connectivity index (χ1v) is 10.3. The molecule has 26 heavy (non-hydrogen) atoms. The molecule has 4 bridgehead atoms. The lowest BCUT2D eigenvalue weighted by Gasteiger charge is -2.54. The minimum absolute atomic E-state index is 0.0359. The Hall–Kier alpha value is -1.62. The Balaban J connectivity index is 1.16. The number of ether oxygens (including phenoxy) is 1. The van der Waals surface area contributed by atoms with Crippen molar-refractivity contribution in [2.45, 2.75) is 63.6 Å². The number of hydrogen-bond donors (Lipinski definition) is 2. The average Bonchev–Trinajstić information content (AvgIpc) is 3.08. The third kappa shape index (κ3) is 3.11. The minimum atomic E-state index is -0.129. The summed E-state index contributed by atoms with van der Waals surface area (Å²) in [7, 11) is 0. The highest BCUT2D eigenvalue weighted by atomic mass is 16.5. The monoisotopic (exact) mass is 355 g/mol. The Bertz CT molecular complexity index is 646. The number of aryl methyl sites for hydroxylation is 1. The molecule has 5 nitrogen and oxygen atoms in total. The molecular weight excluding hydrogens is 326 g/mol. The molecule has 0 spiro atoms. The molecule has 2 atom stereocenters. The van der Waals surface area contributed by atoms with Crippen molar-refractivity contribution in [2.24, 2.45) is 23.7 Å². The summed E-state index contributed by atoms with van der Waals surface area (Å²) in [5.41, 5.74) is 0.981. The van der Waals surface area contributed by atoms with E-state index in [0.29, 0.717) is 12.6 Å². The molecule has 4 saturated carbocycles. The molecule has 5 fully saturated rings. The molecule has 0 aromatic carbocycles. The first-order valence-electron chi connectivity index (χ1n) is 10.3. The van der Waals surface area contributed by atoms with Gasteiger partial charge in [-0.15, -0.1) is 0 Å². The van der Waals surface area contributed by atoms with Gasteiger partial charge in [0, 0.05) is 24.7 Å². The molecule has 1 aliphatic heterocycles. The van der Waals surface area contributed by atoms with Gasteiger partial charge in [-0.05, 0) is 74.8 Å². The highest BCUT2D eigenvalue weighted by Crippen LogP contribution is 2.53. The SMILES string of the molecule is Cc1ccc(O[C@@H]2CN[C@H](C(=O)NC3C4CC5CC(C4)CC3C5)C2)cn1. The fourth-order valence-corrected chi connectivity index (χ4v) is 6.13. The van der Waals surface area contributed by atoms with Crippen molar-refractivity contribution >= 4 is 5.91 Å². The Labute approximate surface area is 155 Å². The van der Waals surface area contributed by atoms with E-state index in [1.165, 1.54) is 32.1 Å². The highest BCUT2D eigenvalue weighted by molar-refractivity contribution is 5.82. The number of hydrogen-bond acceptors (Lipinski definition) is 4. The molecule has 5 heteroatoms. The zero-order valence-electron chi connectivity index (χ0n) is 15.5. The average molecular weight is 355 g/mol. The lowest BCUT2D eigenvalue weighted by atomic mass is 9.54. The molecule has 1 amide bonds. The summed E-state index contributed by atoms with van der Waals surface area (Å²) in [5, 5.41) is 6.78. The summed E-state index contributed by atoms with van der Waals surface area (Å²) in [6.07, 6.45) is 9.32. The first-order chi connectivity index (χ1) is 12.6. The predicted molar refractivity (Wildman–Crippen MR) is 98.8 cm³/mol. The third-order valence-electron chi connectivity index (χ3n) is 7.13. The van der Waals surface area contributed by atoms with Crippen LogP contribution in [0.1, 0.15) is 44.2 Å². The van der Waals surface area contributed by atoms with Gasteiger partial charge in [0.15, 0.2) is 0 Å². The molecule has 0 unspecified atom stereocenters. The van der Waals surface area contributed by atoms with E-state index >= 15 is 0 Å². The van der Waals surface area contributed by atoms with Crippen LogP contribution in [-0.2, 0) is 4.79 Å². The molecule has 2 N–H and O–H groups in total. The topological polar surface area (TPSA) is 63.2 Å². The third-order valence-corrected chi connectivity index (χ3v) is 7.13. The van der Waals surface area contributed by atoms with Crippen molar-refractivity contribution in [3.8, 4) is 5.75 Å². The van der Waals surface area contributed by atoms with E-state index in [-0.39, 0.29) is 18.1 Å². The van der Waals surface area contributed by atoms with Crippen LogP contribution in [0.3, 0.4) is 0 Å². The lowest BCUT2D eigenvalue weighted by Crippen LogP contribution is -2.58. The van der Waals surface area contributed by atoms with Gasteiger partial charge in [0.1, 0.15) is 11.9 Å². The number of nitrogens with zero attached hydrogens (tertiary/aromatic N) is 1. The fourth-order valence-electron chi connectivity index (χ4n) is 6.13. The Morgan fingerprint density at radius 3 is 2.50 bits per heavy atom. The quantitative estimate of drug-likeness (QED) is 0.871. The van der Waals surface area contributed by atoms with E-state index in [1.807, 2.05) is 19.1 Å². The largest absolute Gasteiger partial charge is 0.487 e. The Morgan fingerprint density at radius 2 is 1.85 bits per heavy atom. The minimum Gasteiger partial charge on any atom is -0.487 e. The molecular formula is C21H29N3O2. The van der Waals surface area contributed by atoms with Crippen LogP contribution in [0.5, 0.6) is 5.75 Å². The van der Waals surface area contributed by atoms with Crippen LogP contribution >= 0.6 is 0 Å². The van der Waals surface area contributed by atoms with Gasteiger partial charge in [0.2, 0.25) is 5.91 Å². The summed E-state index contributed by atoms with van der Waals surface area (Å²) >= 11 is 0. The van der Waals surface area contributed by atoms with E-state index in [0.717, 1.165) is 41.5 Å². The van der Waals surface area contributed by atoms with Gasteiger partial charge in [-0.25, -0.2) is 0 Å². The van der Waals surface area contributed by atoms with Gasteiger partial charge < -0.3 is 15.4 Å². The van der Waals surface area contributed by atoms with Gasteiger partial charge in [0.25, 0.3) is 0 Å². The molecule has 1 aromatic heterocycles. The molecule has 4 aliphatic carbocycles. The zero-order valence-corrected chi connectivity index (χ0v) is 15.5. The van der Waals surface area contributed by atoms with E-state index < -0.39 is 0 Å². The van der Waals surface area contributed by atoms with E-state index in [4.69, 9.17) is 4.74 Å². The number of amides is 1. The second-order valence-electron chi connectivity index (χ2n) is 9.04. The van der Waals surface area contributed by atoms with Crippen LogP contribution in [0.25, 0.3) is 0 Å². The Morgan fingerprint density at radius 1 is 1.12 bits per heavy atom. The van der Waals surface area contributed by atoms with Crippen molar-refractivity contribution in [1.82, 2.24) is 15.6 Å². The van der Waals surface area contributed by atoms with Crippen LogP contribution < -0.4 is 15.4 Å². The maximum Gasteiger partial charge on any atom is 0.237 e. The van der Waals surface area contributed by atoms with E-state index in [1.54, 1.807) is 6.20 Å². The van der Waals surface area contributed by atoms with Gasteiger partial charge in [-0.2, -0.15) is 0 Å². The fraction of sp³-hybridized carbons (Fsp3) is 0.714. The molecule has 1 saturated heterocycles. The second-order valence-corrected chi connectivity index (χ2v) is 9.04. The van der Waals surface area contributed by atoms with Crippen molar-refractivity contribution in [2.75, 3.05) is 6.54 Å². The maximum absolute atomic E-state index is 12.8. The summed E-state index contributed by atoms with van der Waals surface area (Å²) in [5.74, 6) is 4.29. The number of carbonyl (C=O) groups is 1. The maximum atomic E-state index is 12.8. The smallest absolute Gasteiger partial charge is 0.237 e. The van der Waals surface area contributed by atoms with Crippen LogP contribution in [-0.4, -0.2) is 35.6 Å². The van der Waals surface area contributed by atoms with Crippen molar-refractivity contribution in [1.29, 1.82) is 0 Å². The first kappa shape index (κ1) is 16.5.